The number of nitrogens with one attached hydrogen (secondary N) is 1. The smallest absolute Gasteiger partial charge is 0.253 e. The molecular weight excluding hydrogens is 316 g/mol. The minimum atomic E-state index is -3.85. The van der Waals surface area contributed by atoms with Crippen molar-refractivity contribution in [3.63, 3.8) is 0 Å². The number of aliphatic hydroxyl groups excluding tert-OH is 3. The maximum atomic E-state index is 12.0. The Bertz CT molecular complexity index is 646. The molecule has 1 saturated heterocycles. The lowest BCUT2D eigenvalue weighted by Crippen LogP contribution is -2.58. The van der Waals surface area contributed by atoms with Crippen molar-refractivity contribution in [2.75, 3.05) is 6.61 Å². The van der Waals surface area contributed by atoms with Gasteiger partial charge in [0.2, 0.25) is 10.0 Å². The molecule has 0 unspecified atom stereocenters. The summed E-state index contributed by atoms with van der Waals surface area (Å²) < 4.78 is 27.3. The van der Waals surface area contributed by atoms with Crippen LogP contribution in [0.5, 0.6) is 0 Å². The fourth-order valence-electron chi connectivity index (χ4n) is 1.94. The number of hydrogen-bond acceptors (Lipinski definition) is 7. The van der Waals surface area contributed by atoms with Crippen LogP contribution in [0.4, 0.5) is 0 Å². The van der Waals surface area contributed by atoms with E-state index in [2.05, 4.69) is 5.32 Å². The number of carbonyl (C=O) groups is 1. The molecule has 1 amide bonds. The molecule has 1 aliphatic heterocycles. The number of nitrogens with two attached hydrogens (primary N) is 1. The quantitative estimate of drug-likeness (QED) is 0.409. The summed E-state index contributed by atoms with van der Waals surface area (Å²) in [6.07, 6.45) is -5.36. The van der Waals surface area contributed by atoms with Gasteiger partial charge in [-0.25, -0.2) is 13.6 Å². The third kappa shape index (κ3) is 3.61. The fraction of sp³-hybridized carbons (Fsp3) is 0.417. The lowest BCUT2D eigenvalue weighted by Gasteiger charge is -2.35. The van der Waals surface area contributed by atoms with Gasteiger partial charge in [-0.05, 0) is 24.3 Å². The number of sulfonamides is 1. The molecular formula is C12H16N2O7S. The summed E-state index contributed by atoms with van der Waals surface area (Å²) in [5.41, 5.74) is 0.115. The van der Waals surface area contributed by atoms with Gasteiger partial charge in [0, 0.05) is 5.56 Å². The van der Waals surface area contributed by atoms with Crippen LogP contribution in [0.1, 0.15) is 10.4 Å². The molecule has 0 aliphatic carbocycles. The molecule has 1 fully saturated rings. The Balaban J connectivity index is 2.06. The van der Waals surface area contributed by atoms with E-state index in [9.17, 15) is 28.5 Å². The zero-order chi connectivity index (χ0) is 16.5. The molecule has 10 heteroatoms. The van der Waals surface area contributed by atoms with Gasteiger partial charge in [-0.1, -0.05) is 0 Å². The Morgan fingerprint density at radius 3 is 2.32 bits per heavy atom. The number of amides is 1. The first-order valence-corrected chi connectivity index (χ1v) is 7.84. The van der Waals surface area contributed by atoms with Gasteiger partial charge in [0.15, 0.2) is 6.23 Å². The van der Waals surface area contributed by atoms with Crippen LogP contribution in [0.2, 0.25) is 0 Å². The summed E-state index contributed by atoms with van der Waals surface area (Å²) in [7, 11) is -3.85. The first kappa shape index (κ1) is 16.8. The van der Waals surface area contributed by atoms with E-state index in [0.717, 1.165) is 0 Å². The summed E-state index contributed by atoms with van der Waals surface area (Å²) in [5, 5.41) is 35.8. The molecule has 2 rings (SSSR count). The van der Waals surface area contributed by atoms with Crippen LogP contribution >= 0.6 is 0 Å². The second kappa shape index (κ2) is 6.28. The maximum absolute atomic E-state index is 12.0. The zero-order valence-electron chi connectivity index (χ0n) is 11.3. The van der Waals surface area contributed by atoms with Crippen LogP contribution in [0.3, 0.4) is 0 Å². The predicted molar refractivity (Wildman–Crippen MR) is 73.0 cm³/mol. The number of carbonyl (C=O) groups excluding carboxylic acids is 1. The van der Waals surface area contributed by atoms with Crippen molar-refractivity contribution in [3.8, 4) is 0 Å². The van der Waals surface area contributed by atoms with Gasteiger partial charge in [0.1, 0.15) is 18.3 Å². The number of aliphatic hydroxyl groups is 3. The molecule has 0 aromatic heterocycles. The Morgan fingerprint density at radius 2 is 1.77 bits per heavy atom. The van der Waals surface area contributed by atoms with E-state index in [1.807, 2.05) is 0 Å². The third-order valence-electron chi connectivity index (χ3n) is 3.22. The highest BCUT2D eigenvalue weighted by atomic mass is 32.2. The van der Waals surface area contributed by atoms with Crippen molar-refractivity contribution < 1.29 is 33.3 Å². The molecule has 0 radical (unpaired) electrons. The molecule has 1 heterocycles. The Morgan fingerprint density at radius 1 is 1.18 bits per heavy atom. The van der Waals surface area contributed by atoms with Crippen LogP contribution in [-0.4, -0.2) is 60.8 Å². The van der Waals surface area contributed by atoms with Crippen molar-refractivity contribution in [1.82, 2.24) is 5.32 Å². The number of rotatable bonds is 3. The van der Waals surface area contributed by atoms with Gasteiger partial charge in [0.25, 0.3) is 5.91 Å². The molecule has 9 nitrogen and oxygen atoms in total. The topological polar surface area (TPSA) is 159 Å². The van der Waals surface area contributed by atoms with Crippen LogP contribution < -0.4 is 10.5 Å². The second-order valence-corrected chi connectivity index (χ2v) is 6.41. The summed E-state index contributed by atoms with van der Waals surface area (Å²) in [6.45, 7) is -0.243. The molecule has 1 aromatic carbocycles. The third-order valence-corrected chi connectivity index (χ3v) is 4.15. The maximum Gasteiger partial charge on any atom is 0.253 e. The highest BCUT2D eigenvalue weighted by Crippen LogP contribution is 2.15. The van der Waals surface area contributed by atoms with Gasteiger partial charge in [-0.2, -0.15) is 0 Å². The lowest BCUT2D eigenvalue weighted by atomic mass is 10.0. The first-order chi connectivity index (χ1) is 10.2. The number of primary sulfonamides is 1. The minimum absolute atomic E-state index is 0.115. The summed E-state index contributed by atoms with van der Waals surface area (Å²) in [5.74, 6) is -0.645. The Labute approximate surface area is 126 Å². The van der Waals surface area contributed by atoms with Crippen molar-refractivity contribution in [3.05, 3.63) is 29.8 Å². The molecule has 0 bridgehead atoms. The Kier molecular flexibility index (Phi) is 4.80. The van der Waals surface area contributed by atoms with Gasteiger partial charge >= 0.3 is 0 Å². The van der Waals surface area contributed by atoms with Gasteiger partial charge in [0.05, 0.1) is 11.5 Å². The average molecular weight is 332 g/mol. The van der Waals surface area contributed by atoms with E-state index in [1.54, 1.807) is 0 Å². The van der Waals surface area contributed by atoms with Crippen LogP contribution in [0, 0.1) is 0 Å². The molecule has 4 atom stereocenters. The SMILES string of the molecule is NS(=O)(=O)c1ccc(C(=O)N[C@H]2OC[C@H](O)[C@H](O)[C@H]2O)cc1. The number of benzene rings is 1. The highest BCUT2D eigenvalue weighted by Gasteiger charge is 2.38. The zero-order valence-corrected chi connectivity index (χ0v) is 12.1. The largest absolute Gasteiger partial charge is 0.388 e. The molecule has 1 aromatic rings. The molecule has 0 spiro atoms. The molecule has 122 valence electrons. The first-order valence-electron chi connectivity index (χ1n) is 6.29. The summed E-state index contributed by atoms with van der Waals surface area (Å²) >= 11 is 0. The number of ether oxygens (including phenoxy) is 1. The van der Waals surface area contributed by atoms with Crippen LogP contribution in [-0.2, 0) is 14.8 Å². The van der Waals surface area contributed by atoms with E-state index in [1.165, 1.54) is 24.3 Å². The predicted octanol–water partition coefficient (Wildman–Crippen LogP) is -2.50. The van der Waals surface area contributed by atoms with Gasteiger partial charge in [-0.15, -0.1) is 0 Å². The minimum Gasteiger partial charge on any atom is -0.388 e. The van der Waals surface area contributed by atoms with Gasteiger partial charge in [-0.3, -0.25) is 4.79 Å². The van der Waals surface area contributed by atoms with E-state index in [-0.39, 0.29) is 17.1 Å². The van der Waals surface area contributed by atoms with E-state index < -0.39 is 40.5 Å². The normalized spacial score (nSPS) is 29.1. The molecule has 1 aliphatic rings. The average Bonchev–Trinajstić information content (AvgIpc) is 2.47. The second-order valence-electron chi connectivity index (χ2n) is 4.85. The van der Waals surface area contributed by atoms with Crippen molar-refractivity contribution in [1.29, 1.82) is 0 Å². The molecule has 22 heavy (non-hydrogen) atoms. The van der Waals surface area contributed by atoms with E-state index >= 15 is 0 Å². The monoisotopic (exact) mass is 332 g/mol. The van der Waals surface area contributed by atoms with Crippen LogP contribution in [0.15, 0.2) is 29.2 Å². The van der Waals surface area contributed by atoms with Crippen LogP contribution in [0.25, 0.3) is 0 Å². The summed E-state index contributed by atoms with van der Waals surface area (Å²) in [4.78, 5) is 11.8. The van der Waals surface area contributed by atoms with Crippen molar-refractivity contribution in [2.24, 2.45) is 5.14 Å². The van der Waals surface area contributed by atoms with E-state index in [0.29, 0.717) is 0 Å². The van der Waals surface area contributed by atoms with Gasteiger partial charge < -0.3 is 25.4 Å². The van der Waals surface area contributed by atoms with Crippen molar-refractivity contribution >= 4 is 15.9 Å². The highest BCUT2D eigenvalue weighted by molar-refractivity contribution is 7.89. The van der Waals surface area contributed by atoms with Crippen molar-refractivity contribution in [2.45, 2.75) is 29.4 Å². The standard InChI is InChI=1S/C12H16N2O7S/c13-22(19,20)7-3-1-6(2-4-7)11(18)14-12-10(17)9(16)8(15)5-21-12/h1-4,8-10,12,15-17H,5H2,(H,14,18)(H2,13,19,20)/t8-,9-,10+,12-/m0/s1. The lowest BCUT2D eigenvalue weighted by molar-refractivity contribution is -0.191. The molecule has 6 N–H and O–H groups in total. The Hall–Kier alpha value is -1.56. The molecule has 0 saturated carbocycles. The number of hydrogen-bond donors (Lipinski definition) is 5. The van der Waals surface area contributed by atoms with E-state index in [4.69, 9.17) is 9.88 Å². The fourth-order valence-corrected chi connectivity index (χ4v) is 2.46. The summed E-state index contributed by atoms with van der Waals surface area (Å²) in [6, 6.07) is 4.83.